The maximum absolute atomic E-state index is 13.7. The van der Waals surface area contributed by atoms with Crippen molar-refractivity contribution in [2.75, 3.05) is 13.7 Å². The summed E-state index contributed by atoms with van der Waals surface area (Å²) in [6.45, 7) is 5.07. The first-order valence-corrected chi connectivity index (χ1v) is 12.9. The van der Waals surface area contributed by atoms with Crippen molar-refractivity contribution in [2.45, 2.75) is 58.5 Å². The van der Waals surface area contributed by atoms with E-state index >= 15 is 0 Å². The minimum atomic E-state index is -0.611. The van der Waals surface area contributed by atoms with E-state index in [1.807, 2.05) is 61.5 Å². The first kappa shape index (κ1) is 27.0. The number of ether oxygens (including phenoxy) is 1. The van der Waals surface area contributed by atoms with E-state index in [-0.39, 0.29) is 11.8 Å². The maximum Gasteiger partial charge on any atom is 0.243 e. The van der Waals surface area contributed by atoms with Crippen LogP contribution in [-0.2, 0) is 35.4 Å². The molecule has 3 aromatic carbocycles. The summed E-state index contributed by atoms with van der Waals surface area (Å²) in [6.07, 6.45) is 3.24. The van der Waals surface area contributed by atoms with Crippen molar-refractivity contribution in [3.05, 3.63) is 101 Å². The van der Waals surface area contributed by atoms with Crippen LogP contribution in [0.15, 0.2) is 78.9 Å². The summed E-state index contributed by atoms with van der Waals surface area (Å²) in [7, 11) is 1.63. The molecule has 0 spiro atoms. The van der Waals surface area contributed by atoms with Crippen LogP contribution in [-0.4, -0.2) is 36.4 Å². The second-order valence-electron chi connectivity index (χ2n) is 9.04. The van der Waals surface area contributed by atoms with Gasteiger partial charge in [-0.2, -0.15) is 0 Å². The van der Waals surface area contributed by atoms with Crippen molar-refractivity contribution in [3.8, 4) is 5.75 Å². The topological polar surface area (TPSA) is 58.6 Å². The molecule has 0 aliphatic rings. The standard InChI is InChI=1S/C31H38N2O3/c1-4-20-32-31(35)29(22-26-10-7-6-8-11-26)33(23-27-12-9-13-28(21-27)36-3)30(34)19-18-25-16-14-24(5-2)15-17-25/h6-17,21,29H,4-5,18-20,22-23H2,1-3H3,(H,32,35)/t29-/m1/s1. The largest absolute Gasteiger partial charge is 0.497 e. The van der Waals surface area contributed by atoms with Crippen molar-refractivity contribution >= 4 is 11.8 Å². The van der Waals surface area contributed by atoms with E-state index in [1.165, 1.54) is 5.56 Å². The molecule has 0 unspecified atom stereocenters. The number of amides is 2. The van der Waals surface area contributed by atoms with Crippen molar-refractivity contribution in [1.29, 1.82) is 0 Å². The summed E-state index contributed by atoms with van der Waals surface area (Å²) in [5.74, 6) is 0.570. The average molecular weight is 487 g/mol. The molecule has 0 bridgehead atoms. The summed E-state index contributed by atoms with van der Waals surface area (Å²) >= 11 is 0. The highest BCUT2D eigenvalue weighted by atomic mass is 16.5. The van der Waals surface area contributed by atoms with Crippen molar-refractivity contribution in [2.24, 2.45) is 0 Å². The number of hydrogen-bond acceptors (Lipinski definition) is 3. The zero-order valence-electron chi connectivity index (χ0n) is 21.7. The number of carbonyl (C=O) groups is 2. The predicted octanol–water partition coefficient (Wildman–Crippen LogP) is 5.36. The van der Waals surface area contributed by atoms with Crippen LogP contribution < -0.4 is 10.1 Å². The number of nitrogens with one attached hydrogen (secondary N) is 1. The van der Waals surface area contributed by atoms with Crippen molar-refractivity contribution in [3.63, 3.8) is 0 Å². The molecule has 3 aromatic rings. The Balaban J connectivity index is 1.88. The third kappa shape index (κ3) is 7.98. The van der Waals surface area contributed by atoms with Gasteiger partial charge in [0.1, 0.15) is 11.8 Å². The summed E-state index contributed by atoms with van der Waals surface area (Å²) in [6, 6.07) is 25.4. The Hall–Kier alpha value is -3.60. The Kier molecular flexibility index (Phi) is 10.6. The van der Waals surface area contributed by atoms with Crippen LogP contribution in [0, 0.1) is 0 Å². The van der Waals surface area contributed by atoms with Crippen LogP contribution in [0.1, 0.15) is 48.9 Å². The van der Waals surface area contributed by atoms with Gasteiger partial charge < -0.3 is 15.0 Å². The number of benzene rings is 3. The molecule has 1 atom stereocenters. The number of nitrogens with zero attached hydrogens (tertiary/aromatic N) is 1. The molecule has 5 heteroatoms. The molecule has 0 saturated heterocycles. The van der Waals surface area contributed by atoms with Crippen LogP contribution in [0.3, 0.4) is 0 Å². The molecule has 3 rings (SSSR count). The van der Waals surface area contributed by atoms with Gasteiger partial charge in [0, 0.05) is 25.9 Å². The first-order valence-electron chi connectivity index (χ1n) is 12.9. The molecule has 0 aromatic heterocycles. The fourth-order valence-corrected chi connectivity index (χ4v) is 4.22. The first-order chi connectivity index (χ1) is 17.5. The third-order valence-electron chi connectivity index (χ3n) is 6.37. The van der Waals surface area contributed by atoms with Crippen LogP contribution in [0.2, 0.25) is 0 Å². The Morgan fingerprint density at radius 1 is 0.861 bits per heavy atom. The summed E-state index contributed by atoms with van der Waals surface area (Å²) in [5.41, 5.74) is 4.35. The lowest BCUT2D eigenvalue weighted by Gasteiger charge is -2.32. The second kappa shape index (κ2) is 14.1. The van der Waals surface area contributed by atoms with Crippen LogP contribution in [0.5, 0.6) is 5.75 Å². The fourth-order valence-electron chi connectivity index (χ4n) is 4.22. The molecule has 0 radical (unpaired) electrons. The summed E-state index contributed by atoms with van der Waals surface area (Å²) in [4.78, 5) is 28.8. The van der Waals surface area contributed by atoms with E-state index in [9.17, 15) is 9.59 Å². The van der Waals surface area contributed by atoms with E-state index in [0.29, 0.717) is 32.4 Å². The quantitative estimate of drug-likeness (QED) is 0.354. The summed E-state index contributed by atoms with van der Waals surface area (Å²) in [5, 5.41) is 3.03. The molecule has 2 amide bonds. The predicted molar refractivity (Wildman–Crippen MR) is 145 cm³/mol. The van der Waals surface area contributed by atoms with Crippen molar-refractivity contribution < 1.29 is 14.3 Å². The van der Waals surface area contributed by atoms with Crippen LogP contribution >= 0.6 is 0 Å². The van der Waals surface area contributed by atoms with Gasteiger partial charge in [0.2, 0.25) is 11.8 Å². The van der Waals surface area contributed by atoms with Gasteiger partial charge >= 0.3 is 0 Å². The lowest BCUT2D eigenvalue weighted by atomic mass is 10.0. The molecule has 0 aliphatic heterocycles. The highest BCUT2D eigenvalue weighted by Gasteiger charge is 2.30. The number of hydrogen-bond donors (Lipinski definition) is 1. The van der Waals surface area contributed by atoms with Gasteiger partial charge in [0.15, 0.2) is 0 Å². The maximum atomic E-state index is 13.7. The molecule has 0 saturated carbocycles. The van der Waals surface area contributed by atoms with Crippen LogP contribution in [0.4, 0.5) is 0 Å². The molecule has 1 N–H and O–H groups in total. The molecular weight excluding hydrogens is 448 g/mol. The van der Waals surface area contributed by atoms with Gasteiger partial charge in [-0.3, -0.25) is 9.59 Å². The highest BCUT2D eigenvalue weighted by Crippen LogP contribution is 2.20. The summed E-state index contributed by atoms with van der Waals surface area (Å²) < 4.78 is 5.40. The van der Waals surface area contributed by atoms with E-state index < -0.39 is 6.04 Å². The highest BCUT2D eigenvalue weighted by molar-refractivity contribution is 5.88. The number of carbonyl (C=O) groups excluding carboxylic acids is 2. The fraction of sp³-hybridized carbons (Fsp3) is 0.355. The SMILES string of the molecule is CCCNC(=O)[C@@H](Cc1ccccc1)N(Cc1cccc(OC)c1)C(=O)CCc1ccc(CC)cc1. The lowest BCUT2D eigenvalue weighted by Crippen LogP contribution is -2.50. The molecule has 0 fully saturated rings. The molecule has 5 nitrogen and oxygen atoms in total. The monoisotopic (exact) mass is 486 g/mol. The Labute approximate surface area is 215 Å². The van der Waals surface area contributed by atoms with Crippen LogP contribution in [0.25, 0.3) is 0 Å². The minimum absolute atomic E-state index is 0.0371. The van der Waals surface area contributed by atoms with Gasteiger partial charge in [0.25, 0.3) is 0 Å². The van der Waals surface area contributed by atoms with Gasteiger partial charge in [-0.25, -0.2) is 0 Å². The minimum Gasteiger partial charge on any atom is -0.497 e. The number of aryl methyl sites for hydroxylation is 2. The Bertz CT molecular complexity index is 1100. The normalized spacial score (nSPS) is 11.5. The van der Waals surface area contributed by atoms with Crippen molar-refractivity contribution in [1.82, 2.24) is 10.2 Å². The zero-order valence-corrected chi connectivity index (χ0v) is 21.7. The van der Waals surface area contributed by atoms with E-state index in [4.69, 9.17) is 4.74 Å². The Morgan fingerprint density at radius 2 is 1.56 bits per heavy atom. The van der Waals surface area contributed by atoms with Gasteiger partial charge in [0.05, 0.1) is 7.11 Å². The second-order valence-corrected chi connectivity index (χ2v) is 9.04. The lowest BCUT2D eigenvalue weighted by molar-refractivity contribution is -0.141. The molecular formula is C31H38N2O3. The average Bonchev–Trinajstić information content (AvgIpc) is 2.93. The van der Waals surface area contributed by atoms with E-state index in [0.717, 1.165) is 35.3 Å². The zero-order chi connectivity index (χ0) is 25.8. The molecule has 0 aliphatic carbocycles. The number of rotatable bonds is 13. The number of methoxy groups -OCH3 is 1. The van der Waals surface area contributed by atoms with Gasteiger partial charge in [-0.15, -0.1) is 0 Å². The van der Waals surface area contributed by atoms with Gasteiger partial charge in [-0.1, -0.05) is 80.6 Å². The third-order valence-corrected chi connectivity index (χ3v) is 6.37. The Morgan fingerprint density at radius 3 is 2.22 bits per heavy atom. The van der Waals surface area contributed by atoms with E-state index in [1.54, 1.807) is 12.0 Å². The molecule has 190 valence electrons. The van der Waals surface area contributed by atoms with Gasteiger partial charge in [-0.05, 0) is 53.6 Å². The van der Waals surface area contributed by atoms with E-state index in [2.05, 4.69) is 36.5 Å². The smallest absolute Gasteiger partial charge is 0.243 e. The molecule has 0 heterocycles. The molecule has 36 heavy (non-hydrogen) atoms.